The highest BCUT2D eigenvalue weighted by molar-refractivity contribution is 14.0. The van der Waals surface area contributed by atoms with Crippen LogP contribution in [-0.4, -0.2) is 43.4 Å². The molecule has 0 atom stereocenters. The molecule has 0 radical (unpaired) electrons. The Morgan fingerprint density at radius 2 is 2.04 bits per heavy atom. The first kappa shape index (κ1) is 20.1. The van der Waals surface area contributed by atoms with Crippen LogP contribution in [0.1, 0.15) is 18.6 Å². The number of aliphatic imine (C=N–C) groups is 1. The van der Waals surface area contributed by atoms with E-state index >= 15 is 0 Å². The third-order valence-electron chi connectivity index (χ3n) is 4.00. The van der Waals surface area contributed by atoms with Gasteiger partial charge in [0.2, 0.25) is 0 Å². The molecule has 0 saturated heterocycles. The van der Waals surface area contributed by atoms with Gasteiger partial charge in [-0.3, -0.25) is 4.68 Å². The van der Waals surface area contributed by atoms with Gasteiger partial charge in [-0.15, -0.1) is 24.0 Å². The SMILES string of the molecule is CCNC(=NCc1ncnn1C)NCCn1c(C)nc2ccccc21.I. The zero-order chi connectivity index (χ0) is 17.6. The minimum atomic E-state index is 0. The molecule has 0 bridgehead atoms. The van der Waals surface area contributed by atoms with Crippen LogP contribution in [0.4, 0.5) is 0 Å². The van der Waals surface area contributed by atoms with Crippen LogP contribution in [0.15, 0.2) is 35.6 Å². The molecule has 26 heavy (non-hydrogen) atoms. The average molecular weight is 468 g/mol. The lowest BCUT2D eigenvalue weighted by atomic mass is 10.3. The molecule has 2 N–H and O–H groups in total. The van der Waals surface area contributed by atoms with Gasteiger partial charge in [0, 0.05) is 26.7 Å². The van der Waals surface area contributed by atoms with E-state index < -0.39 is 0 Å². The number of benzene rings is 1. The number of hydrogen-bond acceptors (Lipinski definition) is 4. The third-order valence-corrected chi connectivity index (χ3v) is 4.00. The van der Waals surface area contributed by atoms with Gasteiger partial charge in [0.25, 0.3) is 0 Å². The lowest BCUT2D eigenvalue weighted by Gasteiger charge is -2.12. The van der Waals surface area contributed by atoms with Gasteiger partial charge in [0.15, 0.2) is 5.96 Å². The maximum atomic E-state index is 4.60. The van der Waals surface area contributed by atoms with Gasteiger partial charge in [-0.1, -0.05) is 12.1 Å². The summed E-state index contributed by atoms with van der Waals surface area (Å²) in [5.41, 5.74) is 2.19. The summed E-state index contributed by atoms with van der Waals surface area (Å²) in [5, 5.41) is 10.7. The molecule has 0 aliphatic rings. The largest absolute Gasteiger partial charge is 0.357 e. The number of guanidine groups is 1. The number of halogens is 1. The van der Waals surface area contributed by atoms with E-state index in [2.05, 4.69) is 41.3 Å². The molecule has 3 aromatic rings. The number of nitrogens with zero attached hydrogens (tertiary/aromatic N) is 6. The Kier molecular flexibility index (Phi) is 7.37. The molecule has 0 saturated carbocycles. The second kappa shape index (κ2) is 9.51. The maximum Gasteiger partial charge on any atom is 0.191 e. The molecule has 0 aliphatic carbocycles. The molecule has 0 spiro atoms. The maximum absolute atomic E-state index is 4.60. The van der Waals surface area contributed by atoms with E-state index in [0.717, 1.165) is 48.3 Å². The van der Waals surface area contributed by atoms with Crippen molar-refractivity contribution in [3.8, 4) is 0 Å². The number of fused-ring (bicyclic) bond motifs is 1. The van der Waals surface area contributed by atoms with Gasteiger partial charge in [-0.05, 0) is 26.0 Å². The summed E-state index contributed by atoms with van der Waals surface area (Å²) in [6.45, 7) is 6.95. The number of aryl methyl sites for hydroxylation is 2. The average Bonchev–Trinajstić information content (AvgIpc) is 3.15. The molecule has 0 amide bonds. The Labute approximate surface area is 170 Å². The van der Waals surface area contributed by atoms with Crippen molar-refractivity contribution < 1.29 is 0 Å². The second-order valence-corrected chi connectivity index (χ2v) is 5.72. The zero-order valence-corrected chi connectivity index (χ0v) is 17.6. The van der Waals surface area contributed by atoms with Crippen molar-refractivity contribution in [3.05, 3.63) is 42.2 Å². The molecular formula is C17H25IN8. The standard InChI is InChI=1S/C17H24N8.HI/c1-4-18-17(20-11-16-21-12-22-24(16)3)19-9-10-25-13(2)23-14-7-5-6-8-15(14)25;/h5-8,12H,4,9-11H2,1-3H3,(H2,18,19,20);1H. The normalized spacial score (nSPS) is 11.4. The van der Waals surface area contributed by atoms with Crippen LogP contribution in [0.3, 0.4) is 0 Å². The number of nitrogens with one attached hydrogen (secondary N) is 2. The predicted molar refractivity (Wildman–Crippen MR) is 114 cm³/mol. The van der Waals surface area contributed by atoms with E-state index in [1.807, 2.05) is 39.1 Å². The summed E-state index contributed by atoms with van der Waals surface area (Å²) in [6, 6.07) is 8.20. The van der Waals surface area contributed by atoms with Crippen LogP contribution in [0.25, 0.3) is 11.0 Å². The third kappa shape index (κ3) is 4.71. The molecule has 0 unspecified atom stereocenters. The van der Waals surface area contributed by atoms with E-state index in [0.29, 0.717) is 6.54 Å². The molecule has 1 aromatic carbocycles. The van der Waals surface area contributed by atoms with Crippen LogP contribution >= 0.6 is 24.0 Å². The summed E-state index contributed by atoms with van der Waals surface area (Å²) >= 11 is 0. The monoisotopic (exact) mass is 468 g/mol. The van der Waals surface area contributed by atoms with Crippen LogP contribution in [0.5, 0.6) is 0 Å². The topological polar surface area (TPSA) is 85.0 Å². The summed E-state index contributed by atoms with van der Waals surface area (Å²) in [6.07, 6.45) is 1.54. The fourth-order valence-corrected chi connectivity index (χ4v) is 2.72. The fraction of sp³-hybridized carbons (Fsp3) is 0.412. The minimum absolute atomic E-state index is 0. The van der Waals surface area contributed by atoms with Crippen molar-refractivity contribution in [1.82, 2.24) is 34.9 Å². The Hall–Kier alpha value is -2.17. The van der Waals surface area contributed by atoms with Crippen molar-refractivity contribution in [1.29, 1.82) is 0 Å². The fourth-order valence-electron chi connectivity index (χ4n) is 2.72. The summed E-state index contributed by atoms with van der Waals surface area (Å²) in [7, 11) is 1.87. The van der Waals surface area contributed by atoms with Crippen LogP contribution in [-0.2, 0) is 20.1 Å². The molecule has 3 rings (SSSR count). The van der Waals surface area contributed by atoms with Crippen molar-refractivity contribution in [2.75, 3.05) is 13.1 Å². The number of para-hydroxylation sites is 2. The zero-order valence-electron chi connectivity index (χ0n) is 15.3. The number of imidazole rings is 1. The van der Waals surface area contributed by atoms with Gasteiger partial charge in [-0.2, -0.15) is 5.10 Å². The van der Waals surface area contributed by atoms with Crippen molar-refractivity contribution in [3.63, 3.8) is 0 Å². The first-order chi connectivity index (χ1) is 12.2. The smallest absolute Gasteiger partial charge is 0.191 e. The van der Waals surface area contributed by atoms with Gasteiger partial charge in [-0.25, -0.2) is 15.0 Å². The van der Waals surface area contributed by atoms with Crippen LogP contribution in [0, 0.1) is 6.92 Å². The molecular weight excluding hydrogens is 443 g/mol. The molecule has 2 heterocycles. The molecule has 140 valence electrons. The lowest BCUT2D eigenvalue weighted by Crippen LogP contribution is -2.39. The molecule has 0 fully saturated rings. The number of rotatable bonds is 6. The Bertz CT molecular complexity index is 867. The quantitative estimate of drug-likeness (QED) is 0.328. The number of hydrogen-bond donors (Lipinski definition) is 2. The van der Waals surface area contributed by atoms with E-state index in [-0.39, 0.29) is 24.0 Å². The number of aromatic nitrogens is 5. The summed E-state index contributed by atoms with van der Waals surface area (Å²) in [4.78, 5) is 13.4. The summed E-state index contributed by atoms with van der Waals surface area (Å²) < 4.78 is 3.95. The van der Waals surface area contributed by atoms with Gasteiger partial charge >= 0.3 is 0 Å². The van der Waals surface area contributed by atoms with Crippen molar-refractivity contribution in [2.24, 2.45) is 12.0 Å². The Morgan fingerprint density at radius 3 is 2.77 bits per heavy atom. The van der Waals surface area contributed by atoms with Crippen molar-refractivity contribution >= 4 is 41.0 Å². The molecule has 0 aliphatic heterocycles. The highest BCUT2D eigenvalue weighted by atomic mass is 127. The van der Waals surface area contributed by atoms with Crippen LogP contribution in [0.2, 0.25) is 0 Å². The van der Waals surface area contributed by atoms with Gasteiger partial charge < -0.3 is 15.2 Å². The van der Waals surface area contributed by atoms with Crippen molar-refractivity contribution in [2.45, 2.75) is 26.9 Å². The molecule has 9 heteroatoms. The van der Waals surface area contributed by atoms with Crippen LogP contribution < -0.4 is 10.6 Å². The molecule has 8 nitrogen and oxygen atoms in total. The highest BCUT2D eigenvalue weighted by Crippen LogP contribution is 2.14. The first-order valence-corrected chi connectivity index (χ1v) is 8.46. The summed E-state index contributed by atoms with van der Waals surface area (Å²) in [5.74, 6) is 2.62. The lowest BCUT2D eigenvalue weighted by molar-refractivity contribution is 0.656. The van der Waals surface area contributed by atoms with Gasteiger partial charge in [0.1, 0.15) is 24.5 Å². The van der Waals surface area contributed by atoms with E-state index in [4.69, 9.17) is 0 Å². The minimum Gasteiger partial charge on any atom is -0.357 e. The highest BCUT2D eigenvalue weighted by Gasteiger charge is 2.07. The molecule has 2 aromatic heterocycles. The van der Waals surface area contributed by atoms with E-state index in [1.54, 1.807) is 4.68 Å². The first-order valence-electron chi connectivity index (χ1n) is 8.46. The predicted octanol–water partition coefficient (Wildman–Crippen LogP) is 1.85. The van der Waals surface area contributed by atoms with E-state index in [9.17, 15) is 0 Å². The van der Waals surface area contributed by atoms with E-state index in [1.165, 1.54) is 6.33 Å². The van der Waals surface area contributed by atoms with Gasteiger partial charge in [0.05, 0.1) is 11.0 Å². The second-order valence-electron chi connectivity index (χ2n) is 5.72. The Balaban J connectivity index is 0.00000243. The Morgan fingerprint density at radius 1 is 1.23 bits per heavy atom.